The lowest BCUT2D eigenvalue weighted by Crippen LogP contribution is -2.02. The zero-order chi connectivity index (χ0) is 21.0. The molecule has 0 heterocycles. The van der Waals surface area contributed by atoms with E-state index >= 15 is 0 Å². The molecule has 0 atom stereocenters. The highest BCUT2D eigenvalue weighted by molar-refractivity contribution is 7.51. The third-order valence-corrected chi connectivity index (χ3v) is 3.43. The van der Waals surface area contributed by atoms with Crippen LogP contribution >= 0.6 is 7.60 Å². The molecule has 0 radical (unpaired) electrons. The molecule has 0 saturated heterocycles. The lowest BCUT2D eigenvalue weighted by Gasteiger charge is -2.02. The fraction of sp³-hybridized carbons (Fsp3) is 0.421. The molecule has 0 rings (SSSR count). The van der Waals surface area contributed by atoms with Gasteiger partial charge in [0.15, 0.2) is 0 Å². The standard InChI is InChI=1S/C13H18.C5H11O5P.CH5N/c1-5-8-11-13(10-7-3)12(4)9-6-2;1-5(6)10-3-2-4-11(7,8)9;1-2/h5-11H,1H2,2-4H3;2-4H2,1H3,(H2,7,8,9);2H2,1H3/b9-6-,10-7-,11-8-,13-12+;;. The Morgan fingerprint density at radius 2 is 1.65 bits per heavy atom. The summed E-state index contributed by atoms with van der Waals surface area (Å²) in [6, 6.07) is 0. The van der Waals surface area contributed by atoms with E-state index in [1.54, 1.807) is 6.08 Å². The van der Waals surface area contributed by atoms with Crippen molar-refractivity contribution in [2.75, 3.05) is 19.8 Å². The van der Waals surface area contributed by atoms with E-state index in [1.165, 1.54) is 25.1 Å². The van der Waals surface area contributed by atoms with Gasteiger partial charge in [-0.2, -0.15) is 0 Å². The van der Waals surface area contributed by atoms with Crippen LogP contribution in [0.2, 0.25) is 0 Å². The molecule has 0 unspecified atom stereocenters. The van der Waals surface area contributed by atoms with Crippen molar-refractivity contribution in [3.8, 4) is 0 Å². The zero-order valence-corrected chi connectivity index (χ0v) is 17.4. The molecule has 0 aromatic heterocycles. The summed E-state index contributed by atoms with van der Waals surface area (Å²) in [6.07, 6.45) is 14.0. The Morgan fingerprint density at radius 1 is 1.12 bits per heavy atom. The first-order valence-corrected chi connectivity index (χ1v) is 9.98. The monoisotopic (exact) mass is 387 g/mol. The molecule has 0 aromatic carbocycles. The van der Waals surface area contributed by atoms with Gasteiger partial charge in [-0.3, -0.25) is 9.36 Å². The topological polar surface area (TPSA) is 110 Å². The zero-order valence-electron chi connectivity index (χ0n) is 16.5. The van der Waals surface area contributed by atoms with Gasteiger partial charge in [0.1, 0.15) is 0 Å². The molecule has 0 aliphatic carbocycles. The van der Waals surface area contributed by atoms with Crippen LogP contribution < -0.4 is 5.73 Å². The molecule has 7 heteroatoms. The SMILES string of the molecule is C=C\C=C/C(/C=C\C)=C(C)/C=C\C.CC(=O)OCCCP(=O)(O)O.CN. The van der Waals surface area contributed by atoms with Crippen molar-refractivity contribution in [2.45, 2.75) is 34.1 Å². The number of rotatable bonds is 8. The maximum absolute atomic E-state index is 10.2. The van der Waals surface area contributed by atoms with Gasteiger partial charge in [-0.15, -0.1) is 0 Å². The molecule has 0 fully saturated rings. The summed E-state index contributed by atoms with van der Waals surface area (Å²) in [5.74, 6) is -0.435. The van der Waals surface area contributed by atoms with Crippen LogP contribution in [0.15, 0.2) is 60.3 Å². The van der Waals surface area contributed by atoms with Gasteiger partial charge in [-0.05, 0) is 45.4 Å². The molecular weight excluding hydrogens is 353 g/mol. The lowest BCUT2D eigenvalue weighted by atomic mass is 10.1. The number of ether oxygens (including phenoxy) is 1. The maximum Gasteiger partial charge on any atom is 0.325 e. The van der Waals surface area contributed by atoms with E-state index in [-0.39, 0.29) is 19.2 Å². The van der Waals surface area contributed by atoms with Crippen LogP contribution in [-0.2, 0) is 14.1 Å². The van der Waals surface area contributed by atoms with Gasteiger partial charge in [0, 0.05) is 6.92 Å². The number of nitrogens with two attached hydrogens (primary N) is 1. The molecule has 4 N–H and O–H groups in total. The van der Waals surface area contributed by atoms with Crippen LogP contribution in [0, 0.1) is 0 Å². The molecular formula is C19H34NO5P. The van der Waals surface area contributed by atoms with E-state index in [2.05, 4.69) is 42.2 Å². The quantitative estimate of drug-likeness (QED) is 0.252. The van der Waals surface area contributed by atoms with E-state index < -0.39 is 13.6 Å². The van der Waals surface area contributed by atoms with Crippen LogP contribution in [0.4, 0.5) is 0 Å². The molecule has 150 valence electrons. The number of carbonyl (C=O) groups is 1. The minimum absolute atomic E-state index is 0.0699. The van der Waals surface area contributed by atoms with E-state index in [1.807, 2.05) is 32.1 Å². The Labute approximate surface area is 158 Å². The van der Waals surface area contributed by atoms with Crippen molar-refractivity contribution in [2.24, 2.45) is 5.73 Å². The predicted molar refractivity (Wildman–Crippen MR) is 110 cm³/mol. The minimum Gasteiger partial charge on any atom is -0.466 e. The fourth-order valence-electron chi connectivity index (χ4n) is 1.50. The van der Waals surface area contributed by atoms with E-state index in [4.69, 9.17) is 9.79 Å². The van der Waals surface area contributed by atoms with Crippen LogP contribution in [0.3, 0.4) is 0 Å². The third-order valence-electron chi connectivity index (χ3n) is 2.53. The van der Waals surface area contributed by atoms with Crippen molar-refractivity contribution in [1.82, 2.24) is 0 Å². The Morgan fingerprint density at radius 3 is 2.04 bits per heavy atom. The largest absolute Gasteiger partial charge is 0.466 e. The molecule has 0 amide bonds. The number of carbonyl (C=O) groups excluding carboxylic acids is 1. The van der Waals surface area contributed by atoms with Gasteiger partial charge in [-0.1, -0.05) is 49.1 Å². The highest BCUT2D eigenvalue weighted by atomic mass is 31.2. The highest BCUT2D eigenvalue weighted by Gasteiger charge is 2.11. The summed E-state index contributed by atoms with van der Waals surface area (Å²) in [7, 11) is -2.42. The second kappa shape index (κ2) is 19.6. The van der Waals surface area contributed by atoms with Crippen LogP contribution in [0.25, 0.3) is 0 Å². The van der Waals surface area contributed by atoms with Gasteiger partial charge in [0.2, 0.25) is 0 Å². The Bertz CT molecular complexity index is 542. The Kier molecular flexibility index (Phi) is 21.9. The average molecular weight is 387 g/mol. The molecule has 26 heavy (non-hydrogen) atoms. The number of allylic oxidation sites excluding steroid dienone is 9. The maximum atomic E-state index is 10.2. The van der Waals surface area contributed by atoms with E-state index in [0.29, 0.717) is 0 Å². The molecule has 0 spiro atoms. The molecule has 0 aromatic rings. The van der Waals surface area contributed by atoms with Gasteiger partial charge < -0.3 is 20.3 Å². The molecule has 0 aliphatic rings. The summed E-state index contributed by atoms with van der Waals surface area (Å²) in [4.78, 5) is 26.9. The lowest BCUT2D eigenvalue weighted by molar-refractivity contribution is -0.140. The van der Waals surface area contributed by atoms with Crippen LogP contribution in [0.1, 0.15) is 34.1 Å². The number of hydrogen-bond donors (Lipinski definition) is 3. The summed E-state index contributed by atoms with van der Waals surface area (Å²) < 4.78 is 14.7. The number of esters is 1. The predicted octanol–water partition coefficient (Wildman–Crippen LogP) is 3.89. The van der Waals surface area contributed by atoms with E-state index in [0.717, 1.165) is 0 Å². The van der Waals surface area contributed by atoms with Gasteiger partial charge in [0.25, 0.3) is 0 Å². The van der Waals surface area contributed by atoms with Gasteiger partial charge in [0.05, 0.1) is 12.8 Å². The molecule has 0 bridgehead atoms. The van der Waals surface area contributed by atoms with E-state index in [9.17, 15) is 9.36 Å². The summed E-state index contributed by atoms with van der Waals surface area (Å²) in [6.45, 7) is 11.1. The summed E-state index contributed by atoms with van der Waals surface area (Å²) >= 11 is 0. The Balaban J connectivity index is -0.000000375. The van der Waals surface area contributed by atoms with Crippen molar-refractivity contribution < 1.29 is 23.9 Å². The summed E-state index contributed by atoms with van der Waals surface area (Å²) in [5.41, 5.74) is 6.99. The fourth-order valence-corrected chi connectivity index (χ4v) is 2.04. The van der Waals surface area contributed by atoms with Crippen molar-refractivity contribution in [1.29, 1.82) is 0 Å². The Hall–Kier alpha value is -1.72. The normalized spacial score (nSPS) is 12.2. The van der Waals surface area contributed by atoms with Crippen molar-refractivity contribution in [3.05, 3.63) is 60.3 Å². The van der Waals surface area contributed by atoms with Crippen LogP contribution in [0.5, 0.6) is 0 Å². The highest BCUT2D eigenvalue weighted by Crippen LogP contribution is 2.34. The minimum atomic E-state index is -3.92. The van der Waals surface area contributed by atoms with Crippen molar-refractivity contribution in [3.63, 3.8) is 0 Å². The van der Waals surface area contributed by atoms with Gasteiger partial charge in [-0.25, -0.2) is 0 Å². The first-order chi connectivity index (χ1) is 12.2. The first kappa shape index (κ1) is 29.1. The van der Waals surface area contributed by atoms with Gasteiger partial charge >= 0.3 is 13.6 Å². The van der Waals surface area contributed by atoms with Crippen molar-refractivity contribution >= 4 is 13.6 Å². The summed E-state index contributed by atoms with van der Waals surface area (Å²) in [5, 5.41) is 0. The smallest absolute Gasteiger partial charge is 0.325 e. The number of hydrogen-bond acceptors (Lipinski definition) is 4. The van der Waals surface area contributed by atoms with Crippen LogP contribution in [-0.4, -0.2) is 35.6 Å². The second-order valence-electron chi connectivity index (χ2n) is 4.82. The molecule has 6 nitrogen and oxygen atoms in total. The average Bonchev–Trinajstić information content (AvgIpc) is 2.57. The second-order valence-corrected chi connectivity index (χ2v) is 6.59. The molecule has 0 aliphatic heterocycles. The third kappa shape index (κ3) is 24.5. The first-order valence-electron chi connectivity index (χ1n) is 8.19. The molecule has 0 saturated carbocycles.